The first-order valence-corrected chi connectivity index (χ1v) is 10.9. The Morgan fingerprint density at radius 2 is 1.92 bits per heavy atom. The summed E-state index contributed by atoms with van der Waals surface area (Å²) >= 11 is 0. The van der Waals surface area contributed by atoms with Gasteiger partial charge in [0.1, 0.15) is 11.9 Å². The van der Waals surface area contributed by atoms with Gasteiger partial charge in [-0.05, 0) is 13.0 Å². The van der Waals surface area contributed by atoms with E-state index < -0.39 is 29.6 Å². The average Bonchev–Trinajstić information content (AvgIpc) is 3.20. The van der Waals surface area contributed by atoms with Gasteiger partial charge in [0.2, 0.25) is 11.9 Å². The van der Waals surface area contributed by atoms with Crippen LogP contribution in [-0.2, 0) is 21.3 Å². The van der Waals surface area contributed by atoms with Crippen LogP contribution in [0.1, 0.15) is 31.4 Å². The number of amides is 2. The van der Waals surface area contributed by atoms with Crippen molar-refractivity contribution >= 4 is 23.5 Å². The van der Waals surface area contributed by atoms with Crippen molar-refractivity contribution in [2.24, 2.45) is 13.0 Å². The molecular weight excluding hydrogens is 492 g/mol. The molecule has 15 heteroatoms. The number of nitriles is 1. The van der Waals surface area contributed by atoms with Crippen LogP contribution < -0.4 is 10.6 Å². The number of rotatable bonds is 7. The highest BCUT2D eigenvalue weighted by Gasteiger charge is 2.48. The molecule has 2 N–H and O–H groups in total. The zero-order valence-corrected chi connectivity index (χ0v) is 19.9. The Kier molecular flexibility index (Phi) is 7.02. The third-order valence-electron chi connectivity index (χ3n) is 5.85. The standard InChI is InChI=1S/C22H21F2N9O4/c1-11(15-4-13(23)7-26-17(15)24)37-21(35)30-19-16(31-32-33(19)2)18-27-8-14(9-28-18)29-20(34)12-5-22(6-12,10-25)36-3/h4,7-9,11-12H,5-6H2,1-3H3,(H,29,34)(H,30,35)/t11-,12-,22-/m1/s1. The van der Waals surface area contributed by atoms with E-state index in [2.05, 4.69) is 42.0 Å². The molecule has 0 aliphatic heterocycles. The van der Waals surface area contributed by atoms with Crippen molar-refractivity contribution < 1.29 is 27.8 Å². The molecule has 0 aromatic carbocycles. The van der Waals surface area contributed by atoms with Crippen molar-refractivity contribution in [2.75, 3.05) is 17.7 Å². The lowest BCUT2D eigenvalue weighted by Crippen LogP contribution is -2.48. The molecule has 0 saturated heterocycles. The highest BCUT2D eigenvalue weighted by molar-refractivity contribution is 5.93. The predicted octanol–water partition coefficient (Wildman–Crippen LogP) is 2.51. The Morgan fingerprint density at radius 3 is 2.57 bits per heavy atom. The molecule has 0 unspecified atom stereocenters. The summed E-state index contributed by atoms with van der Waals surface area (Å²) in [6.45, 7) is 1.36. The first kappa shape index (κ1) is 25.5. The Morgan fingerprint density at radius 1 is 1.22 bits per heavy atom. The van der Waals surface area contributed by atoms with Gasteiger partial charge in [0.25, 0.3) is 0 Å². The lowest BCUT2D eigenvalue weighted by Gasteiger charge is -2.40. The summed E-state index contributed by atoms with van der Waals surface area (Å²) in [7, 11) is 2.93. The number of nitrogens with zero attached hydrogens (tertiary/aromatic N) is 7. The normalized spacial score (nSPS) is 19.3. The first-order valence-electron chi connectivity index (χ1n) is 10.9. The Balaban J connectivity index is 1.40. The Hall–Kier alpha value is -4.58. The van der Waals surface area contributed by atoms with Crippen LogP contribution in [0.4, 0.5) is 25.1 Å². The molecule has 1 aliphatic carbocycles. The number of nitrogens with one attached hydrogen (secondary N) is 2. The molecule has 3 aromatic rings. The second kappa shape index (κ2) is 10.2. The topological polar surface area (TPSA) is 170 Å². The zero-order valence-electron chi connectivity index (χ0n) is 19.9. The Labute approximate surface area is 208 Å². The second-order valence-corrected chi connectivity index (χ2v) is 8.32. The van der Waals surface area contributed by atoms with E-state index in [1.54, 1.807) is 0 Å². The number of aryl methyl sites for hydroxylation is 1. The van der Waals surface area contributed by atoms with Crippen LogP contribution in [0.2, 0.25) is 0 Å². The molecule has 0 radical (unpaired) electrons. The molecular formula is C22H21F2N9O4. The van der Waals surface area contributed by atoms with Gasteiger partial charge in [-0.15, -0.1) is 5.10 Å². The molecule has 2 amide bonds. The van der Waals surface area contributed by atoms with Crippen molar-refractivity contribution in [1.82, 2.24) is 29.9 Å². The molecule has 192 valence electrons. The van der Waals surface area contributed by atoms with E-state index in [1.165, 1.54) is 38.2 Å². The van der Waals surface area contributed by atoms with Gasteiger partial charge in [-0.1, -0.05) is 5.21 Å². The molecule has 1 aliphatic rings. The second-order valence-electron chi connectivity index (χ2n) is 8.32. The lowest BCUT2D eigenvalue weighted by atomic mass is 9.71. The SMILES string of the molecule is CO[C@]1(C#N)C[C@@H](C(=O)Nc2cnc(-c3nnn(C)c3NC(=O)O[C@H](C)c3cc(F)cnc3F)nc2)C1. The van der Waals surface area contributed by atoms with E-state index >= 15 is 0 Å². The van der Waals surface area contributed by atoms with Crippen LogP contribution in [0.25, 0.3) is 11.5 Å². The van der Waals surface area contributed by atoms with Gasteiger partial charge >= 0.3 is 6.09 Å². The number of pyridine rings is 1. The van der Waals surface area contributed by atoms with E-state index in [0.717, 1.165) is 6.07 Å². The number of hydrogen-bond acceptors (Lipinski definition) is 10. The summed E-state index contributed by atoms with van der Waals surface area (Å²) in [5.41, 5.74) is -0.750. The van der Waals surface area contributed by atoms with Crippen molar-refractivity contribution in [3.8, 4) is 17.6 Å². The van der Waals surface area contributed by atoms with E-state index in [4.69, 9.17) is 14.7 Å². The number of anilines is 2. The number of ether oxygens (including phenoxy) is 2. The summed E-state index contributed by atoms with van der Waals surface area (Å²) in [6, 6.07) is 2.95. The number of methoxy groups -OCH3 is 1. The van der Waals surface area contributed by atoms with Crippen LogP contribution in [0.3, 0.4) is 0 Å². The molecule has 1 fully saturated rings. The minimum atomic E-state index is -1.15. The highest BCUT2D eigenvalue weighted by Crippen LogP contribution is 2.40. The summed E-state index contributed by atoms with van der Waals surface area (Å²) < 4.78 is 38.8. The van der Waals surface area contributed by atoms with Gasteiger partial charge in [0.15, 0.2) is 22.9 Å². The van der Waals surface area contributed by atoms with Gasteiger partial charge in [0, 0.05) is 32.9 Å². The molecule has 0 spiro atoms. The maximum absolute atomic E-state index is 13.9. The predicted molar refractivity (Wildman–Crippen MR) is 121 cm³/mol. The minimum absolute atomic E-state index is 0.0775. The maximum Gasteiger partial charge on any atom is 0.413 e. The summed E-state index contributed by atoms with van der Waals surface area (Å²) in [5, 5.41) is 22.1. The molecule has 37 heavy (non-hydrogen) atoms. The molecule has 13 nitrogen and oxygen atoms in total. The average molecular weight is 513 g/mol. The molecule has 1 saturated carbocycles. The van der Waals surface area contributed by atoms with Crippen LogP contribution >= 0.6 is 0 Å². The van der Waals surface area contributed by atoms with Crippen molar-refractivity contribution in [2.45, 2.75) is 31.5 Å². The van der Waals surface area contributed by atoms with Crippen molar-refractivity contribution in [1.29, 1.82) is 5.26 Å². The summed E-state index contributed by atoms with van der Waals surface area (Å²) in [4.78, 5) is 36.4. The highest BCUT2D eigenvalue weighted by atomic mass is 19.1. The fourth-order valence-corrected chi connectivity index (χ4v) is 3.71. The largest absolute Gasteiger partial charge is 0.441 e. The number of hydrogen-bond donors (Lipinski definition) is 2. The molecule has 1 atom stereocenters. The number of carbonyl (C=O) groups is 2. The van der Waals surface area contributed by atoms with Gasteiger partial charge in [-0.25, -0.2) is 28.8 Å². The molecule has 4 rings (SSSR count). The fraction of sp³-hybridized carbons (Fsp3) is 0.364. The minimum Gasteiger partial charge on any atom is -0.441 e. The number of carbonyl (C=O) groups excluding carboxylic acids is 2. The van der Waals surface area contributed by atoms with Crippen molar-refractivity contribution in [3.05, 3.63) is 42.0 Å². The van der Waals surface area contributed by atoms with E-state index in [1.807, 2.05) is 0 Å². The quantitative estimate of drug-likeness (QED) is 0.448. The smallest absolute Gasteiger partial charge is 0.413 e. The van der Waals surface area contributed by atoms with Gasteiger partial charge in [0.05, 0.1) is 35.9 Å². The zero-order chi connectivity index (χ0) is 26.7. The van der Waals surface area contributed by atoms with Gasteiger partial charge < -0.3 is 14.8 Å². The summed E-state index contributed by atoms with van der Waals surface area (Å²) in [6.07, 6.45) is 1.86. The maximum atomic E-state index is 13.9. The number of aromatic nitrogens is 6. The fourth-order valence-electron chi connectivity index (χ4n) is 3.71. The Bertz CT molecular complexity index is 1370. The van der Waals surface area contributed by atoms with Gasteiger partial charge in [-0.2, -0.15) is 9.65 Å². The molecule has 3 aromatic heterocycles. The van der Waals surface area contributed by atoms with Crippen LogP contribution in [0, 0.1) is 29.0 Å². The monoisotopic (exact) mass is 513 g/mol. The van der Waals surface area contributed by atoms with E-state index in [0.29, 0.717) is 11.9 Å². The van der Waals surface area contributed by atoms with E-state index in [9.17, 15) is 18.4 Å². The lowest BCUT2D eigenvalue weighted by molar-refractivity contribution is -0.132. The van der Waals surface area contributed by atoms with Crippen LogP contribution in [-0.4, -0.2) is 54.7 Å². The first-order chi connectivity index (χ1) is 17.6. The van der Waals surface area contributed by atoms with Crippen LogP contribution in [0.15, 0.2) is 24.7 Å². The third kappa shape index (κ3) is 5.33. The molecule has 0 bridgehead atoms. The van der Waals surface area contributed by atoms with Crippen LogP contribution in [0.5, 0.6) is 0 Å². The van der Waals surface area contributed by atoms with E-state index in [-0.39, 0.29) is 47.6 Å². The third-order valence-corrected chi connectivity index (χ3v) is 5.85. The summed E-state index contributed by atoms with van der Waals surface area (Å²) in [5.74, 6) is -2.25. The molecule has 3 heterocycles. The van der Waals surface area contributed by atoms with Crippen molar-refractivity contribution in [3.63, 3.8) is 0 Å². The van der Waals surface area contributed by atoms with Gasteiger partial charge in [-0.3, -0.25) is 10.1 Å². The number of halogens is 2.